The molecule has 1 aliphatic heterocycles. The first-order valence-corrected chi connectivity index (χ1v) is 7.26. The third kappa shape index (κ3) is 2.64. The van der Waals surface area contributed by atoms with Gasteiger partial charge >= 0.3 is 0 Å². The highest BCUT2D eigenvalue weighted by Gasteiger charge is 2.26. The van der Waals surface area contributed by atoms with Crippen LogP contribution in [0, 0.1) is 0 Å². The Labute approximate surface area is 111 Å². The lowest BCUT2D eigenvalue weighted by Gasteiger charge is -2.19. The molecule has 1 aliphatic rings. The molecule has 0 bridgehead atoms. The Morgan fingerprint density at radius 1 is 1.33 bits per heavy atom. The van der Waals surface area contributed by atoms with Gasteiger partial charge in [-0.3, -0.25) is 4.21 Å². The SMILES string of the molecule is C[C@@H]1COC(c2ccccc2[S@@](=O)C(C)(C)C)=N1. The van der Waals surface area contributed by atoms with Crippen molar-refractivity contribution in [2.75, 3.05) is 6.61 Å². The minimum atomic E-state index is -1.08. The second-order valence-electron chi connectivity index (χ2n) is 5.47. The zero-order chi connectivity index (χ0) is 13.3. The molecule has 0 N–H and O–H groups in total. The Balaban J connectivity index is 2.44. The van der Waals surface area contributed by atoms with Crippen molar-refractivity contribution in [3.05, 3.63) is 29.8 Å². The molecule has 3 nitrogen and oxygen atoms in total. The Hall–Kier alpha value is -1.16. The van der Waals surface area contributed by atoms with E-state index in [-0.39, 0.29) is 10.8 Å². The lowest BCUT2D eigenvalue weighted by atomic mass is 10.2. The summed E-state index contributed by atoms with van der Waals surface area (Å²) >= 11 is 0. The van der Waals surface area contributed by atoms with Gasteiger partial charge in [0.15, 0.2) is 0 Å². The van der Waals surface area contributed by atoms with Crippen LogP contribution in [0.2, 0.25) is 0 Å². The standard InChI is InChI=1S/C14H19NO2S/c1-10-9-17-13(15-10)11-7-5-6-8-12(11)18(16)14(2,3)4/h5-8,10H,9H2,1-4H3/t10-,18-/m1/s1. The summed E-state index contributed by atoms with van der Waals surface area (Å²) in [6.07, 6.45) is 0. The summed E-state index contributed by atoms with van der Waals surface area (Å²) in [5, 5.41) is 0. The Morgan fingerprint density at radius 2 is 2.00 bits per heavy atom. The number of nitrogens with zero attached hydrogens (tertiary/aromatic N) is 1. The highest BCUT2D eigenvalue weighted by Crippen LogP contribution is 2.25. The summed E-state index contributed by atoms with van der Waals surface area (Å²) in [7, 11) is -1.08. The van der Waals surface area contributed by atoms with Gasteiger partial charge in [0.05, 0.1) is 27.3 Å². The van der Waals surface area contributed by atoms with Crippen LogP contribution in [0.25, 0.3) is 0 Å². The fourth-order valence-electron chi connectivity index (χ4n) is 1.76. The van der Waals surface area contributed by atoms with Crippen LogP contribution in [0.15, 0.2) is 34.2 Å². The number of hydrogen-bond acceptors (Lipinski definition) is 3. The molecule has 0 aliphatic carbocycles. The number of rotatable bonds is 2. The molecule has 1 heterocycles. The van der Waals surface area contributed by atoms with E-state index in [0.717, 1.165) is 10.5 Å². The monoisotopic (exact) mass is 265 g/mol. The molecule has 0 radical (unpaired) electrons. The van der Waals surface area contributed by atoms with E-state index >= 15 is 0 Å². The van der Waals surface area contributed by atoms with Crippen LogP contribution < -0.4 is 0 Å². The third-order valence-corrected chi connectivity index (χ3v) is 4.54. The Bertz CT molecular complexity index is 503. The maximum Gasteiger partial charge on any atom is 0.217 e. The average molecular weight is 265 g/mol. The topological polar surface area (TPSA) is 38.7 Å². The van der Waals surface area contributed by atoms with Crippen molar-refractivity contribution in [2.45, 2.75) is 43.4 Å². The molecule has 98 valence electrons. The van der Waals surface area contributed by atoms with Gasteiger partial charge in [0.2, 0.25) is 5.90 Å². The lowest BCUT2D eigenvalue weighted by Crippen LogP contribution is -2.23. The van der Waals surface area contributed by atoms with Gasteiger partial charge in [-0.2, -0.15) is 0 Å². The molecule has 1 aromatic rings. The van der Waals surface area contributed by atoms with Gasteiger partial charge in [0, 0.05) is 4.75 Å². The molecule has 0 aromatic heterocycles. The molecule has 1 aromatic carbocycles. The fourth-order valence-corrected chi connectivity index (χ4v) is 2.97. The summed E-state index contributed by atoms with van der Waals surface area (Å²) in [4.78, 5) is 5.25. The van der Waals surface area contributed by atoms with E-state index in [2.05, 4.69) is 4.99 Å². The van der Waals surface area contributed by atoms with Crippen LogP contribution in [-0.2, 0) is 15.5 Å². The number of hydrogen-bond donors (Lipinski definition) is 0. The van der Waals surface area contributed by atoms with Crippen LogP contribution in [0.1, 0.15) is 33.3 Å². The van der Waals surface area contributed by atoms with E-state index in [9.17, 15) is 4.21 Å². The minimum Gasteiger partial charge on any atom is -0.475 e. The summed E-state index contributed by atoms with van der Waals surface area (Å²) in [5.41, 5.74) is 0.857. The predicted molar refractivity (Wildman–Crippen MR) is 74.6 cm³/mol. The van der Waals surface area contributed by atoms with Gasteiger partial charge in [-0.15, -0.1) is 0 Å². The number of benzene rings is 1. The van der Waals surface area contributed by atoms with Gasteiger partial charge in [-0.25, -0.2) is 4.99 Å². The first-order chi connectivity index (χ1) is 8.39. The smallest absolute Gasteiger partial charge is 0.217 e. The van der Waals surface area contributed by atoms with Crippen LogP contribution in [0.3, 0.4) is 0 Å². The van der Waals surface area contributed by atoms with Crippen molar-refractivity contribution in [3.8, 4) is 0 Å². The predicted octanol–water partition coefficient (Wildman–Crippen LogP) is 2.76. The maximum atomic E-state index is 12.5. The van der Waals surface area contributed by atoms with Crippen molar-refractivity contribution in [1.82, 2.24) is 0 Å². The molecule has 2 rings (SSSR count). The van der Waals surface area contributed by atoms with Gasteiger partial charge in [-0.1, -0.05) is 12.1 Å². The Morgan fingerprint density at radius 3 is 2.56 bits per heavy atom. The zero-order valence-electron chi connectivity index (χ0n) is 11.3. The summed E-state index contributed by atoms with van der Waals surface area (Å²) < 4.78 is 17.8. The first-order valence-electron chi connectivity index (χ1n) is 6.11. The van der Waals surface area contributed by atoms with Crippen molar-refractivity contribution in [3.63, 3.8) is 0 Å². The Kier molecular flexibility index (Phi) is 3.57. The minimum absolute atomic E-state index is 0.177. The zero-order valence-corrected chi connectivity index (χ0v) is 12.1. The van der Waals surface area contributed by atoms with Gasteiger partial charge in [-0.05, 0) is 39.8 Å². The van der Waals surface area contributed by atoms with Crippen molar-refractivity contribution < 1.29 is 8.95 Å². The molecule has 0 fully saturated rings. The molecule has 4 heteroatoms. The van der Waals surface area contributed by atoms with E-state index in [4.69, 9.17) is 4.74 Å². The molecule has 18 heavy (non-hydrogen) atoms. The van der Waals surface area contributed by atoms with E-state index in [0.29, 0.717) is 12.5 Å². The van der Waals surface area contributed by atoms with Crippen LogP contribution >= 0.6 is 0 Å². The summed E-state index contributed by atoms with van der Waals surface area (Å²) in [6.45, 7) is 8.53. The van der Waals surface area contributed by atoms with Crippen molar-refractivity contribution in [2.24, 2.45) is 4.99 Å². The van der Waals surface area contributed by atoms with E-state index in [1.54, 1.807) is 0 Å². The number of ether oxygens (including phenoxy) is 1. The van der Waals surface area contributed by atoms with Gasteiger partial charge in [0.1, 0.15) is 6.61 Å². The molecule has 0 spiro atoms. The second kappa shape index (κ2) is 4.84. The molecule has 0 amide bonds. The fraction of sp³-hybridized carbons (Fsp3) is 0.500. The highest BCUT2D eigenvalue weighted by molar-refractivity contribution is 7.86. The second-order valence-corrected chi connectivity index (χ2v) is 7.67. The quantitative estimate of drug-likeness (QED) is 0.824. The maximum absolute atomic E-state index is 12.5. The summed E-state index contributed by atoms with van der Waals surface area (Å²) in [6, 6.07) is 7.83. The summed E-state index contributed by atoms with van der Waals surface area (Å²) in [5.74, 6) is 0.621. The van der Waals surface area contributed by atoms with E-state index < -0.39 is 10.8 Å². The molecule has 0 saturated carbocycles. The van der Waals surface area contributed by atoms with Crippen molar-refractivity contribution in [1.29, 1.82) is 0 Å². The lowest BCUT2D eigenvalue weighted by molar-refractivity contribution is 0.323. The molecule has 0 saturated heterocycles. The normalized spacial score (nSPS) is 21.3. The average Bonchev–Trinajstić information content (AvgIpc) is 2.73. The number of aliphatic imine (C=N–C) groups is 1. The molecule has 2 atom stereocenters. The van der Waals surface area contributed by atoms with E-state index in [1.165, 1.54) is 0 Å². The van der Waals surface area contributed by atoms with Crippen LogP contribution in [0.4, 0.5) is 0 Å². The molecular formula is C14H19NO2S. The van der Waals surface area contributed by atoms with Crippen LogP contribution in [0.5, 0.6) is 0 Å². The third-order valence-electron chi connectivity index (χ3n) is 2.67. The first kappa shape index (κ1) is 13.3. The van der Waals surface area contributed by atoms with Crippen LogP contribution in [-0.4, -0.2) is 27.5 Å². The van der Waals surface area contributed by atoms with Crippen molar-refractivity contribution >= 4 is 16.7 Å². The molecule has 0 unspecified atom stereocenters. The van der Waals surface area contributed by atoms with E-state index in [1.807, 2.05) is 52.0 Å². The highest BCUT2D eigenvalue weighted by atomic mass is 32.2. The van der Waals surface area contributed by atoms with Gasteiger partial charge < -0.3 is 4.74 Å². The van der Waals surface area contributed by atoms with Gasteiger partial charge in [0.25, 0.3) is 0 Å². The molecular weight excluding hydrogens is 246 g/mol. The largest absolute Gasteiger partial charge is 0.475 e.